The molecule has 0 aliphatic carbocycles. The Labute approximate surface area is 188 Å². The van der Waals surface area contributed by atoms with Gasteiger partial charge in [-0.15, -0.1) is 17.5 Å². The van der Waals surface area contributed by atoms with Crippen LogP contribution in [0.25, 0.3) is 0 Å². The number of thiol groups is 1. The van der Waals surface area contributed by atoms with Gasteiger partial charge in [0.05, 0.1) is 5.56 Å². The smallest absolute Gasteiger partial charge is 0.153 e. The third kappa shape index (κ3) is 8.52. The summed E-state index contributed by atoms with van der Waals surface area (Å²) < 4.78 is 0. The maximum Gasteiger partial charge on any atom is 0.153 e. The molecule has 3 rings (SSSR count). The molecule has 3 aromatic carbocycles. The molecular formula is C24H29N3O3S. The van der Waals surface area contributed by atoms with E-state index < -0.39 is 0 Å². The van der Waals surface area contributed by atoms with E-state index in [1.807, 2.05) is 49.5 Å². The molecule has 0 saturated heterocycles. The van der Waals surface area contributed by atoms with Crippen LogP contribution in [0.4, 0.5) is 17.1 Å². The molecule has 164 valence electrons. The number of nitrogens with zero attached hydrogens (tertiary/aromatic N) is 1. The molecule has 0 unspecified atom stereocenters. The minimum atomic E-state index is -0.179. The molecule has 31 heavy (non-hydrogen) atoms. The van der Waals surface area contributed by atoms with Gasteiger partial charge in [0.1, 0.15) is 11.4 Å². The van der Waals surface area contributed by atoms with Gasteiger partial charge < -0.3 is 16.2 Å². The van der Waals surface area contributed by atoms with Crippen LogP contribution >= 0.6 is 12.6 Å². The predicted octanol–water partition coefficient (Wildman–Crippen LogP) is 6.32. The summed E-state index contributed by atoms with van der Waals surface area (Å²) in [4.78, 5) is 21.4. The van der Waals surface area contributed by atoms with Crippen molar-refractivity contribution in [2.75, 3.05) is 18.1 Å². The van der Waals surface area contributed by atoms with Gasteiger partial charge in [-0.05, 0) is 66.0 Å². The van der Waals surface area contributed by atoms with Crippen LogP contribution in [0.1, 0.15) is 41.3 Å². The van der Waals surface area contributed by atoms with Gasteiger partial charge in [0.15, 0.2) is 6.29 Å². The highest BCUT2D eigenvalue weighted by atomic mass is 32.1. The summed E-state index contributed by atoms with van der Waals surface area (Å²) in [5.41, 5.74) is 9.50. The number of benzene rings is 3. The van der Waals surface area contributed by atoms with Crippen LogP contribution in [-0.2, 0) is 0 Å². The number of carbonyl (C=O) groups is 1. The Morgan fingerprint density at radius 3 is 2.23 bits per heavy atom. The Bertz CT molecular complexity index is 974. The molecule has 0 radical (unpaired) electrons. The van der Waals surface area contributed by atoms with Crippen molar-refractivity contribution in [2.45, 2.75) is 31.6 Å². The number of phenolic OH excluding ortho intramolecular Hbond substituents is 1. The average Bonchev–Trinajstić information content (AvgIpc) is 2.76. The van der Waals surface area contributed by atoms with E-state index in [1.165, 1.54) is 24.6 Å². The van der Waals surface area contributed by atoms with E-state index >= 15 is 0 Å². The van der Waals surface area contributed by atoms with Gasteiger partial charge in [0, 0.05) is 28.9 Å². The number of aromatic hydroxyl groups is 1. The highest BCUT2D eigenvalue weighted by molar-refractivity contribution is 7.80. The maximum absolute atomic E-state index is 10.3. The third-order valence-corrected chi connectivity index (χ3v) is 4.65. The summed E-state index contributed by atoms with van der Waals surface area (Å²) in [5.74, 6) is 0.394. The number of phenols is 1. The number of rotatable bonds is 4. The number of aldehydes is 1. The highest BCUT2D eigenvalue weighted by Gasteiger charge is 2.07. The lowest BCUT2D eigenvalue weighted by molar-refractivity contribution is 0.112. The zero-order valence-corrected chi connectivity index (χ0v) is 19.1. The molecule has 0 fully saturated rings. The van der Waals surface area contributed by atoms with Crippen LogP contribution in [0.3, 0.4) is 0 Å². The quantitative estimate of drug-likeness (QED) is 0.165. The average molecular weight is 440 g/mol. The van der Waals surface area contributed by atoms with Crippen LogP contribution < -0.4 is 11.1 Å². The van der Waals surface area contributed by atoms with Crippen LogP contribution in [-0.4, -0.2) is 18.4 Å². The van der Waals surface area contributed by atoms with Gasteiger partial charge >= 0.3 is 0 Å². The molecule has 6 nitrogen and oxygen atoms in total. The lowest BCUT2D eigenvalue weighted by atomic mass is 10.0. The molecule has 0 amide bonds. The molecule has 0 aliphatic rings. The van der Waals surface area contributed by atoms with Gasteiger partial charge in [-0.2, -0.15) is 0 Å². The van der Waals surface area contributed by atoms with E-state index in [9.17, 15) is 14.8 Å². The highest BCUT2D eigenvalue weighted by Crippen LogP contribution is 2.29. The second-order valence-corrected chi connectivity index (χ2v) is 7.50. The van der Waals surface area contributed by atoms with E-state index in [0.717, 1.165) is 16.3 Å². The van der Waals surface area contributed by atoms with E-state index in [2.05, 4.69) is 43.0 Å². The minimum absolute atomic E-state index is 0.151. The molecule has 0 bridgehead atoms. The first kappa shape index (κ1) is 25.7. The minimum Gasteiger partial charge on any atom is -0.507 e. The van der Waals surface area contributed by atoms with Gasteiger partial charge in [-0.3, -0.25) is 4.79 Å². The lowest BCUT2D eigenvalue weighted by Crippen LogP contribution is -1.89. The molecule has 3 aromatic rings. The van der Waals surface area contributed by atoms with Crippen LogP contribution in [0.2, 0.25) is 0 Å². The summed E-state index contributed by atoms with van der Waals surface area (Å²) in [5, 5.41) is 15.0. The second kappa shape index (κ2) is 13.1. The molecule has 0 atom stereocenters. The summed E-state index contributed by atoms with van der Waals surface area (Å²) in [6.07, 6.45) is 0.525. The Kier molecular flexibility index (Phi) is 10.8. The standard InChI is InChI=1S/C9H13N.C8H7NO3.C7H9NS/c1-7(2)8-4-3-5-9(10)6-8;1-5-7(9-12)3-2-6(4-10)8(5)11;1-8-6-3-2-4-7(9)5-6/h3-7H,10H2,1-2H3;2-4,11H,1H3;2-5,8-9H,1H3. The number of hydrogen-bond acceptors (Lipinski definition) is 7. The van der Waals surface area contributed by atoms with Crippen molar-refractivity contribution >= 4 is 36.0 Å². The van der Waals surface area contributed by atoms with Gasteiger partial charge in [0.25, 0.3) is 0 Å². The van der Waals surface area contributed by atoms with Gasteiger partial charge in [-0.1, -0.05) is 32.0 Å². The Morgan fingerprint density at radius 2 is 1.77 bits per heavy atom. The molecule has 0 aliphatic heterocycles. The predicted molar refractivity (Wildman–Crippen MR) is 132 cm³/mol. The molecular weight excluding hydrogens is 410 g/mol. The normalized spacial score (nSPS) is 9.61. The van der Waals surface area contributed by atoms with E-state index in [4.69, 9.17) is 5.73 Å². The van der Waals surface area contributed by atoms with E-state index in [-0.39, 0.29) is 17.0 Å². The molecule has 0 aromatic heterocycles. The topological polar surface area (TPSA) is 105 Å². The Hall–Kier alpha value is -3.32. The monoisotopic (exact) mass is 439 g/mol. The number of anilines is 2. The van der Waals surface area contributed by atoms with E-state index in [1.54, 1.807) is 0 Å². The van der Waals surface area contributed by atoms with Crippen molar-refractivity contribution in [3.8, 4) is 5.75 Å². The van der Waals surface area contributed by atoms with Crippen LogP contribution in [0.5, 0.6) is 5.75 Å². The zero-order valence-electron chi connectivity index (χ0n) is 18.2. The molecule has 7 heteroatoms. The molecule has 0 spiro atoms. The fraction of sp³-hybridized carbons (Fsp3) is 0.208. The van der Waals surface area contributed by atoms with Crippen molar-refractivity contribution in [3.63, 3.8) is 0 Å². The summed E-state index contributed by atoms with van der Waals surface area (Å²) in [6.45, 7) is 5.85. The number of nitrogens with one attached hydrogen (secondary N) is 1. The molecule has 4 N–H and O–H groups in total. The van der Waals surface area contributed by atoms with Crippen molar-refractivity contribution < 1.29 is 9.90 Å². The number of nitrogens with two attached hydrogens (primary N) is 1. The first-order valence-electron chi connectivity index (χ1n) is 9.66. The zero-order chi connectivity index (χ0) is 23.4. The Morgan fingerprint density at radius 1 is 1.10 bits per heavy atom. The third-order valence-electron chi connectivity index (χ3n) is 4.37. The summed E-state index contributed by atoms with van der Waals surface area (Å²) in [7, 11) is 1.89. The first-order chi connectivity index (χ1) is 14.7. The summed E-state index contributed by atoms with van der Waals surface area (Å²) in [6, 6.07) is 18.7. The first-order valence-corrected chi connectivity index (χ1v) is 10.1. The van der Waals surface area contributed by atoms with Crippen LogP contribution in [0, 0.1) is 11.8 Å². The number of carbonyl (C=O) groups excluding carboxylic acids is 1. The largest absolute Gasteiger partial charge is 0.507 e. The van der Waals surface area contributed by atoms with Gasteiger partial charge in [-0.25, -0.2) is 0 Å². The lowest BCUT2D eigenvalue weighted by Gasteiger charge is -2.04. The number of nitrogen functional groups attached to an aromatic ring is 1. The molecule has 0 heterocycles. The SMILES string of the molecule is CC(C)c1cccc(N)c1.CNc1cccc(S)c1.Cc1c(N=O)ccc(C=O)c1O. The fourth-order valence-corrected chi connectivity index (χ4v) is 2.71. The van der Waals surface area contributed by atoms with Crippen molar-refractivity contribution in [1.82, 2.24) is 0 Å². The van der Waals surface area contributed by atoms with Crippen LogP contribution in [0.15, 0.2) is 70.7 Å². The van der Waals surface area contributed by atoms with Crippen molar-refractivity contribution in [1.29, 1.82) is 0 Å². The molecule has 0 saturated carbocycles. The second-order valence-electron chi connectivity index (χ2n) is 6.98. The summed E-state index contributed by atoms with van der Waals surface area (Å²) >= 11 is 4.17. The maximum atomic E-state index is 10.3. The van der Waals surface area contributed by atoms with Crippen molar-refractivity contribution in [2.24, 2.45) is 5.18 Å². The number of nitroso groups, excluding NO2 is 1. The van der Waals surface area contributed by atoms with Gasteiger partial charge in [0.2, 0.25) is 0 Å². The Balaban J connectivity index is 0.000000235. The van der Waals surface area contributed by atoms with E-state index in [0.29, 0.717) is 17.8 Å². The fourth-order valence-electron chi connectivity index (χ4n) is 2.48. The van der Waals surface area contributed by atoms with Crippen molar-refractivity contribution in [3.05, 3.63) is 82.3 Å². The number of hydrogen-bond donors (Lipinski definition) is 4.